The molecule has 0 aromatic heterocycles. The Morgan fingerprint density at radius 2 is 0.971 bits per heavy atom. The molecule has 0 saturated heterocycles. The van der Waals surface area contributed by atoms with Crippen LogP contribution in [0.3, 0.4) is 0 Å². The molecule has 0 aliphatic heterocycles. The summed E-state index contributed by atoms with van der Waals surface area (Å²) in [6.45, 7) is 0. The van der Waals surface area contributed by atoms with Gasteiger partial charge < -0.3 is 0 Å². The summed E-state index contributed by atoms with van der Waals surface area (Å²) in [6.07, 6.45) is 0. The molecular formula is C29H25IO4. The molecule has 0 saturated carbocycles. The van der Waals surface area contributed by atoms with Crippen LogP contribution in [0.5, 0.6) is 23.0 Å². The van der Waals surface area contributed by atoms with E-state index in [1.165, 1.54) is 3.57 Å². The van der Waals surface area contributed by atoms with Gasteiger partial charge in [-0.05, 0) is 0 Å². The fraction of sp³-hybridized carbons (Fsp3) is 0.103. The molecule has 0 radical (unpaired) electrons. The SMILES string of the molecule is COc1cc2ccccc2cc1OCI(Oc1cc2ccccc2cc1OC)c1ccccc1. The van der Waals surface area contributed by atoms with Crippen LogP contribution in [0.4, 0.5) is 0 Å². The van der Waals surface area contributed by atoms with E-state index in [4.69, 9.17) is 17.3 Å². The first-order valence-corrected chi connectivity index (χ1v) is 14.4. The van der Waals surface area contributed by atoms with E-state index in [0.717, 1.165) is 33.0 Å². The van der Waals surface area contributed by atoms with Crippen molar-refractivity contribution in [3.05, 3.63) is 107 Å². The van der Waals surface area contributed by atoms with Crippen LogP contribution in [0, 0.1) is 3.57 Å². The van der Waals surface area contributed by atoms with E-state index in [1.807, 2.05) is 60.7 Å². The second kappa shape index (κ2) is 10.2. The van der Waals surface area contributed by atoms with Gasteiger partial charge in [0.15, 0.2) is 0 Å². The maximum atomic E-state index is 6.68. The molecule has 0 fully saturated rings. The molecule has 5 rings (SSSR count). The summed E-state index contributed by atoms with van der Waals surface area (Å²) in [4.78, 5) is 0. The average molecular weight is 564 g/mol. The van der Waals surface area contributed by atoms with Gasteiger partial charge in [0.05, 0.1) is 0 Å². The van der Waals surface area contributed by atoms with Crippen molar-refractivity contribution >= 4 is 41.8 Å². The van der Waals surface area contributed by atoms with E-state index in [9.17, 15) is 0 Å². The maximum absolute atomic E-state index is 6.68. The van der Waals surface area contributed by atoms with Crippen LogP contribution in [0.2, 0.25) is 0 Å². The molecule has 5 aromatic carbocycles. The Hall–Kier alpha value is -3.45. The normalized spacial score (nSPS) is 11.3. The zero-order valence-corrected chi connectivity index (χ0v) is 21.2. The molecule has 0 heterocycles. The van der Waals surface area contributed by atoms with Gasteiger partial charge in [0, 0.05) is 0 Å². The molecule has 0 atom stereocenters. The predicted molar refractivity (Wildman–Crippen MR) is 146 cm³/mol. The molecule has 0 N–H and O–H groups in total. The summed E-state index contributed by atoms with van der Waals surface area (Å²) in [7, 11) is 3.34. The van der Waals surface area contributed by atoms with E-state index >= 15 is 0 Å². The Kier molecular flexibility index (Phi) is 6.72. The van der Waals surface area contributed by atoms with Gasteiger partial charge in [-0.15, -0.1) is 0 Å². The van der Waals surface area contributed by atoms with Gasteiger partial charge >= 0.3 is 208 Å². The Morgan fingerprint density at radius 1 is 0.529 bits per heavy atom. The Labute approximate surface area is 207 Å². The molecule has 0 bridgehead atoms. The molecule has 172 valence electrons. The summed E-state index contributed by atoms with van der Waals surface area (Å²) in [5, 5.41) is 4.45. The summed E-state index contributed by atoms with van der Waals surface area (Å²) < 4.78 is 26.0. The van der Waals surface area contributed by atoms with Crippen LogP contribution in [0.1, 0.15) is 0 Å². The van der Waals surface area contributed by atoms with E-state index in [2.05, 4.69) is 42.5 Å². The molecule has 5 aromatic rings. The number of halogens is 1. The minimum atomic E-state index is -2.28. The van der Waals surface area contributed by atoms with Gasteiger partial charge in [-0.25, -0.2) is 0 Å². The molecule has 0 unspecified atom stereocenters. The van der Waals surface area contributed by atoms with Crippen molar-refractivity contribution in [1.82, 2.24) is 0 Å². The number of benzene rings is 5. The molecule has 34 heavy (non-hydrogen) atoms. The molecule has 0 spiro atoms. The quantitative estimate of drug-likeness (QED) is 0.143. The number of rotatable bonds is 8. The number of fused-ring (bicyclic) bond motifs is 2. The van der Waals surface area contributed by atoms with Gasteiger partial charge in [0.1, 0.15) is 0 Å². The second-order valence-electron chi connectivity index (χ2n) is 7.65. The van der Waals surface area contributed by atoms with Crippen molar-refractivity contribution in [2.45, 2.75) is 0 Å². The fourth-order valence-electron chi connectivity index (χ4n) is 3.78. The first-order chi connectivity index (χ1) is 16.7. The second-order valence-corrected chi connectivity index (χ2v) is 11.8. The number of hydrogen-bond donors (Lipinski definition) is 0. The van der Waals surface area contributed by atoms with E-state index in [0.29, 0.717) is 16.1 Å². The number of methoxy groups -OCH3 is 2. The minimum absolute atomic E-state index is 0.457. The summed E-state index contributed by atoms with van der Waals surface area (Å²) in [5.74, 6) is 2.89. The first kappa shape index (κ1) is 22.3. The van der Waals surface area contributed by atoms with Crippen LogP contribution < -0.4 is 17.3 Å². The first-order valence-electron chi connectivity index (χ1n) is 10.9. The van der Waals surface area contributed by atoms with Crippen LogP contribution >= 0.6 is 20.2 Å². The summed E-state index contributed by atoms with van der Waals surface area (Å²) in [5.41, 5.74) is 0. The Morgan fingerprint density at radius 3 is 1.50 bits per heavy atom. The van der Waals surface area contributed by atoms with Gasteiger partial charge in [-0.3, -0.25) is 0 Å². The molecule has 0 amide bonds. The van der Waals surface area contributed by atoms with Gasteiger partial charge in [-0.1, -0.05) is 0 Å². The van der Waals surface area contributed by atoms with E-state index in [-0.39, 0.29) is 0 Å². The van der Waals surface area contributed by atoms with Crippen molar-refractivity contribution < 1.29 is 17.3 Å². The third kappa shape index (κ3) is 4.75. The van der Waals surface area contributed by atoms with E-state index in [1.54, 1.807) is 14.2 Å². The summed E-state index contributed by atoms with van der Waals surface area (Å²) >= 11 is -2.28. The number of ether oxygens (including phenoxy) is 3. The fourth-order valence-corrected chi connectivity index (χ4v) is 7.28. The standard InChI is InChI=1S/C29H25IO4/c1-31-26-16-21-10-6-8-12-23(21)18-28(26)33-20-30(25-14-4-3-5-15-25)34-29-19-24-13-9-7-11-22(24)17-27(29)32-2/h3-19H,20H2,1-2H3. The zero-order chi connectivity index (χ0) is 23.3. The van der Waals surface area contributed by atoms with Gasteiger partial charge in [-0.2, -0.15) is 0 Å². The number of alkyl halides is 1. The van der Waals surface area contributed by atoms with Crippen molar-refractivity contribution in [2.24, 2.45) is 0 Å². The topological polar surface area (TPSA) is 36.9 Å². The van der Waals surface area contributed by atoms with Crippen molar-refractivity contribution in [2.75, 3.05) is 18.8 Å². The molecule has 4 nitrogen and oxygen atoms in total. The monoisotopic (exact) mass is 564 g/mol. The third-order valence-corrected chi connectivity index (χ3v) is 9.52. The number of hydrogen-bond acceptors (Lipinski definition) is 4. The molecule has 0 aliphatic rings. The predicted octanol–water partition coefficient (Wildman–Crippen LogP) is 7.72. The molecular weight excluding hydrogens is 539 g/mol. The third-order valence-electron chi connectivity index (χ3n) is 5.53. The Bertz CT molecular complexity index is 1420. The summed E-state index contributed by atoms with van der Waals surface area (Å²) in [6, 6.07) is 34.8. The van der Waals surface area contributed by atoms with Crippen LogP contribution in [0.15, 0.2) is 103 Å². The van der Waals surface area contributed by atoms with Crippen LogP contribution in [-0.4, -0.2) is 18.8 Å². The van der Waals surface area contributed by atoms with Crippen molar-refractivity contribution in [3.63, 3.8) is 0 Å². The Balaban J connectivity index is 1.47. The molecule has 0 aliphatic carbocycles. The molecule has 5 heteroatoms. The average Bonchev–Trinajstić information content (AvgIpc) is 2.90. The van der Waals surface area contributed by atoms with E-state index < -0.39 is 20.2 Å². The van der Waals surface area contributed by atoms with Gasteiger partial charge in [0.2, 0.25) is 0 Å². The van der Waals surface area contributed by atoms with Gasteiger partial charge in [0.25, 0.3) is 0 Å². The van der Waals surface area contributed by atoms with Crippen molar-refractivity contribution in [3.8, 4) is 23.0 Å². The van der Waals surface area contributed by atoms with Crippen LogP contribution in [-0.2, 0) is 0 Å². The van der Waals surface area contributed by atoms with Crippen molar-refractivity contribution in [1.29, 1.82) is 0 Å². The van der Waals surface area contributed by atoms with Crippen LogP contribution in [0.25, 0.3) is 21.5 Å². The zero-order valence-electron chi connectivity index (χ0n) is 19.0.